The summed E-state index contributed by atoms with van der Waals surface area (Å²) in [6, 6.07) is 8.88. The largest absolute Gasteiger partial charge is 0.316 e. The molecule has 1 aromatic carbocycles. The zero-order valence-corrected chi connectivity index (χ0v) is 9.34. The Hall–Kier alpha value is -0.820. The quantitative estimate of drug-likeness (QED) is 0.681. The first-order chi connectivity index (χ1) is 6.86. The molecule has 0 saturated carbocycles. The lowest BCUT2D eigenvalue weighted by atomic mass is 10.0. The van der Waals surface area contributed by atoms with Crippen LogP contribution in [-0.4, -0.2) is 7.05 Å². The lowest BCUT2D eigenvalue weighted by Crippen LogP contribution is -2.05. The van der Waals surface area contributed by atoms with Gasteiger partial charge in [-0.15, -0.1) is 0 Å². The minimum atomic E-state index is 0.974. The van der Waals surface area contributed by atoms with E-state index in [1.807, 2.05) is 7.05 Å². The summed E-state index contributed by atoms with van der Waals surface area (Å²) in [5, 5.41) is 3.18. The number of aryl methyl sites for hydroxylation is 1. The zero-order chi connectivity index (χ0) is 10.2. The van der Waals surface area contributed by atoms with Gasteiger partial charge < -0.3 is 5.32 Å². The van der Waals surface area contributed by atoms with Crippen molar-refractivity contribution < 1.29 is 0 Å². The van der Waals surface area contributed by atoms with E-state index >= 15 is 0 Å². The molecule has 0 unspecified atom stereocenters. The molecule has 0 amide bonds. The first-order valence-electron chi connectivity index (χ1n) is 5.59. The maximum Gasteiger partial charge on any atom is 0.0202 e. The summed E-state index contributed by atoms with van der Waals surface area (Å²) in [6.07, 6.45) is 5.19. The van der Waals surface area contributed by atoms with Crippen LogP contribution in [-0.2, 0) is 13.0 Å². The van der Waals surface area contributed by atoms with Gasteiger partial charge in [0, 0.05) is 6.54 Å². The molecule has 0 aliphatic rings. The third-order valence-corrected chi connectivity index (χ3v) is 2.44. The van der Waals surface area contributed by atoms with Crippen LogP contribution in [0, 0.1) is 0 Å². The molecule has 1 nitrogen and oxygen atoms in total. The van der Waals surface area contributed by atoms with Crippen molar-refractivity contribution in [1.29, 1.82) is 0 Å². The summed E-state index contributed by atoms with van der Waals surface area (Å²) in [5.74, 6) is 0. The topological polar surface area (TPSA) is 12.0 Å². The monoisotopic (exact) mass is 191 g/mol. The van der Waals surface area contributed by atoms with E-state index in [0.29, 0.717) is 0 Å². The number of nitrogens with one attached hydrogen (secondary N) is 1. The molecule has 0 radical (unpaired) electrons. The van der Waals surface area contributed by atoms with Gasteiger partial charge in [0.1, 0.15) is 0 Å². The van der Waals surface area contributed by atoms with E-state index in [4.69, 9.17) is 0 Å². The summed E-state index contributed by atoms with van der Waals surface area (Å²) in [7, 11) is 1.99. The van der Waals surface area contributed by atoms with E-state index in [1.165, 1.54) is 36.8 Å². The second kappa shape index (κ2) is 6.61. The van der Waals surface area contributed by atoms with Gasteiger partial charge in [0.15, 0.2) is 0 Å². The third-order valence-electron chi connectivity index (χ3n) is 2.44. The smallest absolute Gasteiger partial charge is 0.0202 e. The van der Waals surface area contributed by atoms with Crippen molar-refractivity contribution in [1.82, 2.24) is 5.32 Å². The van der Waals surface area contributed by atoms with Crippen molar-refractivity contribution in [2.75, 3.05) is 7.05 Å². The zero-order valence-electron chi connectivity index (χ0n) is 9.34. The number of benzene rings is 1. The number of unbranched alkanes of at least 4 members (excludes halogenated alkanes) is 2. The molecule has 0 heterocycles. The standard InChI is InChI=1S/C13H21N/c1-3-4-5-7-12-8-6-9-13(10-12)11-14-2/h6,8-10,14H,3-5,7,11H2,1-2H3. The summed E-state index contributed by atoms with van der Waals surface area (Å²) >= 11 is 0. The maximum absolute atomic E-state index is 3.18. The van der Waals surface area contributed by atoms with E-state index in [-0.39, 0.29) is 0 Å². The maximum atomic E-state index is 3.18. The predicted molar refractivity (Wildman–Crippen MR) is 62.4 cm³/mol. The molecule has 0 atom stereocenters. The van der Waals surface area contributed by atoms with Crippen LogP contribution in [0.25, 0.3) is 0 Å². The average Bonchev–Trinajstić information content (AvgIpc) is 2.19. The molecule has 0 saturated heterocycles. The molecule has 1 N–H and O–H groups in total. The van der Waals surface area contributed by atoms with E-state index in [1.54, 1.807) is 0 Å². The average molecular weight is 191 g/mol. The Morgan fingerprint density at radius 3 is 2.64 bits per heavy atom. The molecule has 1 heteroatoms. The fourth-order valence-electron chi connectivity index (χ4n) is 1.68. The highest BCUT2D eigenvalue weighted by atomic mass is 14.8. The molecule has 1 rings (SSSR count). The molecule has 0 bridgehead atoms. The number of hydrogen-bond acceptors (Lipinski definition) is 1. The highest BCUT2D eigenvalue weighted by molar-refractivity contribution is 5.23. The Kier molecular flexibility index (Phi) is 5.31. The van der Waals surface area contributed by atoms with Crippen LogP contribution < -0.4 is 5.32 Å². The van der Waals surface area contributed by atoms with Crippen LogP contribution in [0.4, 0.5) is 0 Å². The Bertz CT molecular complexity index is 255. The Balaban J connectivity index is 2.46. The molecule has 78 valence electrons. The lowest BCUT2D eigenvalue weighted by molar-refractivity contribution is 0.716. The summed E-state index contributed by atoms with van der Waals surface area (Å²) in [5.41, 5.74) is 2.87. The SMILES string of the molecule is CCCCCc1cccc(CNC)c1. The fourth-order valence-corrected chi connectivity index (χ4v) is 1.68. The van der Waals surface area contributed by atoms with Gasteiger partial charge in [-0.2, -0.15) is 0 Å². The van der Waals surface area contributed by atoms with Crippen molar-refractivity contribution in [3.63, 3.8) is 0 Å². The van der Waals surface area contributed by atoms with E-state index in [9.17, 15) is 0 Å². The summed E-state index contributed by atoms with van der Waals surface area (Å²) in [4.78, 5) is 0. The van der Waals surface area contributed by atoms with Crippen molar-refractivity contribution in [2.24, 2.45) is 0 Å². The highest BCUT2D eigenvalue weighted by Crippen LogP contribution is 2.09. The molecule has 0 aromatic heterocycles. The van der Waals surface area contributed by atoms with Gasteiger partial charge in [-0.3, -0.25) is 0 Å². The number of rotatable bonds is 6. The van der Waals surface area contributed by atoms with Gasteiger partial charge >= 0.3 is 0 Å². The molecular weight excluding hydrogens is 170 g/mol. The molecular formula is C13H21N. The van der Waals surface area contributed by atoms with Gasteiger partial charge in [0.25, 0.3) is 0 Å². The van der Waals surface area contributed by atoms with Crippen LogP contribution in [0.2, 0.25) is 0 Å². The molecule has 0 aliphatic heterocycles. The Morgan fingerprint density at radius 2 is 1.93 bits per heavy atom. The van der Waals surface area contributed by atoms with E-state index in [0.717, 1.165) is 6.54 Å². The lowest BCUT2D eigenvalue weighted by Gasteiger charge is -2.04. The normalized spacial score (nSPS) is 10.4. The van der Waals surface area contributed by atoms with Crippen molar-refractivity contribution >= 4 is 0 Å². The van der Waals surface area contributed by atoms with Crippen molar-refractivity contribution in [3.8, 4) is 0 Å². The van der Waals surface area contributed by atoms with E-state index in [2.05, 4.69) is 36.5 Å². The highest BCUT2D eigenvalue weighted by Gasteiger charge is 1.95. The van der Waals surface area contributed by atoms with Gasteiger partial charge in [-0.25, -0.2) is 0 Å². The molecule has 1 aromatic rings. The second-order valence-electron chi connectivity index (χ2n) is 3.81. The van der Waals surface area contributed by atoms with Gasteiger partial charge in [-0.1, -0.05) is 44.0 Å². The van der Waals surface area contributed by atoms with Crippen LogP contribution in [0.5, 0.6) is 0 Å². The summed E-state index contributed by atoms with van der Waals surface area (Å²) in [6.45, 7) is 3.22. The van der Waals surface area contributed by atoms with Gasteiger partial charge in [-0.05, 0) is 31.0 Å². The van der Waals surface area contributed by atoms with Crippen molar-refractivity contribution in [2.45, 2.75) is 39.2 Å². The minimum Gasteiger partial charge on any atom is -0.316 e. The molecule has 0 spiro atoms. The fraction of sp³-hybridized carbons (Fsp3) is 0.538. The van der Waals surface area contributed by atoms with Crippen LogP contribution in [0.15, 0.2) is 24.3 Å². The second-order valence-corrected chi connectivity index (χ2v) is 3.81. The van der Waals surface area contributed by atoms with Crippen LogP contribution in [0.1, 0.15) is 37.3 Å². The first kappa shape index (κ1) is 11.3. The predicted octanol–water partition coefficient (Wildman–Crippen LogP) is 3.14. The summed E-state index contributed by atoms with van der Waals surface area (Å²) < 4.78 is 0. The van der Waals surface area contributed by atoms with Crippen LogP contribution >= 0.6 is 0 Å². The molecule has 0 fully saturated rings. The Morgan fingerprint density at radius 1 is 1.14 bits per heavy atom. The van der Waals surface area contributed by atoms with Crippen LogP contribution in [0.3, 0.4) is 0 Å². The van der Waals surface area contributed by atoms with Gasteiger partial charge in [0.05, 0.1) is 0 Å². The minimum absolute atomic E-state index is 0.974. The third kappa shape index (κ3) is 3.93. The number of hydrogen-bond donors (Lipinski definition) is 1. The van der Waals surface area contributed by atoms with Crippen molar-refractivity contribution in [3.05, 3.63) is 35.4 Å². The van der Waals surface area contributed by atoms with E-state index < -0.39 is 0 Å². The first-order valence-corrected chi connectivity index (χ1v) is 5.59. The molecule has 0 aliphatic carbocycles. The Labute approximate surface area is 87.5 Å². The van der Waals surface area contributed by atoms with Gasteiger partial charge in [0.2, 0.25) is 0 Å². The molecule has 14 heavy (non-hydrogen) atoms.